The first kappa shape index (κ1) is 33.7. The Labute approximate surface area is 250 Å². The van der Waals surface area contributed by atoms with Crippen molar-refractivity contribution < 1.29 is 45.7 Å². The topological polar surface area (TPSA) is 169 Å². The molecule has 4 rings (SSSR count). The number of carboxylic acids is 1. The Balaban J connectivity index is 0.000000676. The van der Waals surface area contributed by atoms with E-state index in [2.05, 4.69) is 25.1 Å². The van der Waals surface area contributed by atoms with Gasteiger partial charge in [-0.3, -0.25) is 9.55 Å². The van der Waals surface area contributed by atoms with Gasteiger partial charge in [0, 0.05) is 23.9 Å². The first-order valence-corrected chi connectivity index (χ1v) is 14.4. The van der Waals surface area contributed by atoms with Crippen LogP contribution in [0.2, 0.25) is 0 Å². The fourth-order valence-corrected chi connectivity index (χ4v) is 5.43. The number of halogens is 3. The third-order valence-corrected chi connectivity index (χ3v) is 8.61. The molecule has 0 spiro atoms. The van der Waals surface area contributed by atoms with Gasteiger partial charge >= 0.3 is 12.1 Å². The third kappa shape index (κ3) is 7.77. The lowest BCUT2D eigenvalue weighted by molar-refractivity contribution is -0.192. The molecule has 0 aliphatic rings. The summed E-state index contributed by atoms with van der Waals surface area (Å²) < 4.78 is 77.0. The summed E-state index contributed by atoms with van der Waals surface area (Å²) in [5.74, 6) is -1.18. The van der Waals surface area contributed by atoms with Gasteiger partial charge in [-0.1, -0.05) is 13.0 Å². The van der Waals surface area contributed by atoms with Crippen molar-refractivity contribution in [2.75, 3.05) is 21.3 Å². The van der Waals surface area contributed by atoms with E-state index in [4.69, 9.17) is 24.1 Å². The van der Waals surface area contributed by atoms with Gasteiger partial charge < -0.3 is 19.3 Å². The van der Waals surface area contributed by atoms with Crippen molar-refractivity contribution in [2.24, 2.45) is 0 Å². The summed E-state index contributed by atoms with van der Waals surface area (Å²) in [6, 6.07) is 8.89. The van der Waals surface area contributed by atoms with Crippen LogP contribution in [0.25, 0.3) is 17.1 Å². The van der Waals surface area contributed by atoms with Crippen molar-refractivity contribution in [3.05, 3.63) is 66.8 Å². The van der Waals surface area contributed by atoms with E-state index < -0.39 is 33.2 Å². The third-order valence-electron chi connectivity index (χ3n) is 6.41. The molecule has 0 fully saturated rings. The number of rotatable bonds is 10. The molecule has 13 nitrogen and oxygen atoms in total. The lowest BCUT2D eigenvalue weighted by atomic mass is 10.1. The predicted octanol–water partition coefficient (Wildman–Crippen LogP) is 3.89. The Morgan fingerprint density at radius 2 is 1.55 bits per heavy atom. The van der Waals surface area contributed by atoms with Crippen LogP contribution < -0.4 is 14.2 Å². The van der Waals surface area contributed by atoms with Crippen LogP contribution in [0.4, 0.5) is 13.2 Å². The number of sulfone groups is 1. The lowest BCUT2D eigenvalue weighted by Crippen LogP contribution is -2.27. The largest absolute Gasteiger partial charge is 0.494 e. The smallest absolute Gasteiger partial charge is 0.490 e. The molecule has 4 aromatic rings. The predicted molar refractivity (Wildman–Crippen MR) is 150 cm³/mol. The second-order valence-corrected chi connectivity index (χ2v) is 11.5. The number of carbonyl (C=O) groups is 1. The number of para-hydroxylation sites is 1. The summed E-state index contributed by atoms with van der Waals surface area (Å²) >= 11 is 0. The molecule has 0 unspecified atom stereocenters. The number of nitrogens with zero attached hydrogens (tertiary/aromatic N) is 6. The first-order valence-electron chi connectivity index (χ1n) is 12.7. The summed E-state index contributed by atoms with van der Waals surface area (Å²) in [5.41, 5.74) is 1.14. The maximum atomic E-state index is 13.6. The number of methoxy groups -OCH3 is 3. The van der Waals surface area contributed by atoms with Crippen LogP contribution >= 0.6 is 0 Å². The second-order valence-electron chi connectivity index (χ2n) is 9.11. The van der Waals surface area contributed by atoms with Gasteiger partial charge in [0.2, 0.25) is 0 Å². The molecule has 1 N–H and O–H groups in total. The summed E-state index contributed by atoms with van der Waals surface area (Å²) in [4.78, 5) is 21.6. The highest BCUT2D eigenvalue weighted by Gasteiger charge is 2.38. The van der Waals surface area contributed by atoms with Gasteiger partial charge in [0.25, 0.3) is 0 Å². The Kier molecular flexibility index (Phi) is 10.8. The van der Waals surface area contributed by atoms with Crippen LogP contribution in [-0.4, -0.2) is 82.0 Å². The lowest BCUT2D eigenvalue weighted by Gasteiger charge is -2.20. The number of alkyl halides is 3. The fraction of sp³-hybridized carbons (Fsp3) is 0.333. The van der Waals surface area contributed by atoms with Gasteiger partial charge in [-0.2, -0.15) is 13.2 Å². The highest BCUT2D eigenvalue weighted by atomic mass is 32.2. The average molecular weight is 639 g/mol. The molecule has 44 heavy (non-hydrogen) atoms. The van der Waals surface area contributed by atoms with E-state index in [1.54, 1.807) is 55.1 Å². The minimum atomic E-state index is -5.08. The number of hydrogen-bond acceptors (Lipinski definition) is 11. The van der Waals surface area contributed by atoms with Crippen LogP contribution in [-0.2, 0) is 20.4 Å². The molecule has 0 bridgehead atoms. The minimum absolute atomic E-state index is 0.205. The standard InChI is InChI=1S/C25H28N6O5S.C2HF3O2/c1-16(24-27-13-19(34-3)14-28-24)17(2)37(32,33)15-22-29-30-25(18-8-7-11-26-12-18)31(22)23-20(35-4)9-6-10-21(23)36-5;3-2(4,5)1(6)7/h6-14,16-17H,15H2,1-5H3;(H,6,7)/t16-,17-;/m0./s1. The van der Waals surface area contributed by atoms with E-state index in [0.717, 1.165) is 0 Å². The summed E-state index contributed by atoms with van der Waals surface area (Å²) in [5, 5.41) is 14.9. The van der Waals surface area contributed by atoms with Gasteiger partial charge in [0.1, 0.15) is 28.8 Å². The second kappa shape index (κ2) is 14.1. The number of pyridine rings is 1. The van der Waals surface area contributed by atoms with Crippen molar-refractivity contribution in [1.29, 1.82) is 0 Å². The highest BCUT2D eigenvalue weighted by molar-refractivity contribution is 7.91. The van der Waals surface area contributed by atoms with Gasteiger partial charge in [-0.05, 0) is 31.2 Å². The molecule has 0 saturated heterocycles. The number of carboxylic acid groups (broad SMARTS) is 1. The van der Waals surface area contributed by atoms with E-state index in [-0.39, 0.29) is 11.6 Å². The Bertz CT molecular complexity index is 1650. The van der Waals surface area contributed by atoms with E-state index >= 15 is 0 Å². The molecule has 3 aromatic heterocycles. The van der Waals surface area contributed by atoms with Crippen LogP contribution in [0.3, 0.4) is 0 Å². The Morgan fingerprint density at radius 1 is 0.955 bits per heavy atom. The van der Waals surface area contributed by atoms with E-state index in [0.29, 0.717) is 40.1 Å². The normalized spacial score (nSPS) is 12.8. The molecule has 2 atom stereocenters. The minimum Gasteiger partial charge on any atom is -0.494 e. The van der Waals surface area contributed by atoms with Crippen molar-refractivity contribution in [3.63, 3.8) is 0 Å². The van der Waals surface area contributed by atoms with E-state index in [9.17, 15) is 21.6 Å². The molecule has 0 amide bonds. The molecule has 1 aromatic carbocycles. The fourth-order valence-electron chi connectivity index (χ4n) is 3.88. The van der Waals surface area contributed by atoms with Gasteiger partial charge in [-0.15, -0.1) is 10.2 Å². The Morgan fingerprint density at radius 3 is 2.02 bits per heavy atom. The number of hydrogen-bond donors (Lipinski definition) is 1. The zero-order valence-corrected chi connectivity index (χ0v) is 25.0. The van der Waals surface area contributed by atoms with E-state index in [1.807, 2.05) is 6.07 Å². The highest BCUT2D eigenvalue weighted by Crippen LogP contribution is 2.37. The molecular formula is C27H29F3N6O7S. The van der Waals surface area contributed by atoms with Crippen LogP contribution in [0.15, 0.2) is 55.1 Å². The van der Waals surface area contributed by atoms with Crippen molar-refractivity contribution in [1.82, 2.24) is 29.7 Å². The van der Waals surface area contributed by atoms with Crippen molar-refractivity contribution in [3.8, 4) is 34.3 Å². The van der Waals surface area contributed by atoms with Crippen LogP contribution in [0, 0.1) is 0 Å². The van der Waals surface area contributed by atoms with E-state index in [1.165, 1.54) is 33.7 Å². The molecule has 0 radical (unpaired) electrons. The molecule has 17 heteroatoms. The van der Waals surface area contributed by atoms with Crippen LogP contribution in [0.1, 0.15) is 31.4 Å². The number of aromatic nitrogens is 6. The molecule has 0 saturated carbocycles. The monoisotopic (exact) mass is 638 g/mol. The summed E-state index contributed by atoms with van der Waals surface area (Å²) in [6.45, 7) is 3.42. The summed E-state index contributed by atoms with van der Waals surface area (Å²) in [6.07, 6.45) is 1.22. The summed E-state index contributed by atoms with van der Waals surface area (Å²) in [7, 11) is 0.827. The quantitative estimate of drug-likeness (QED) is 0.266. The van der Waals surface area contributed by atoms with Crippen LogP contribution in [0.5, 0.6) is 17.2 Å². The SMILES string of the molecule is COc1cnc([C@@H](C)[C@H](C)S(=O)(=O)Cc2nnc(-c3cccnc3)n2-c2c(OC)cccc2OC)nc1.O=C(O)C(F)(F)F. The van der Waals surface area contributed by atoms with Gasteiger partial charge in [0.15, 0.2) is 27.2 Å². The zero-order chi connectivity index (χ0) is 32.7. The maximum absolute atomic E-state index is 13.6. The molecule has 236 valence electrons. The number of aliphatic carboxylic acids is 1. The Hall–Kier alpha value is -4.80. The van der Waals surface area contributed by atoms with Crippen molar-refractivity contribution >= 4 is 15.8 Å². The molecule has 0 aliphatic heterocycles. The molecule has 0 aliphatic carbocycles. The average Bonchev–Trinajstić information content (AvgIpc) is 3.42. The number of ether oxygens (including phenoxy) is 3. The maximum Gasteiger partial charge on any atom is 0.490 e. The molecule has 3 heterocycles. The number of benzene rings is 1. The first-order chi connectivity index (χ1) is 20.7. The molecular weight excluding hydrogens is 609 g/mol. The zero-order valence-electron chi connectivity index (χ0n) is 24.2. The van der Waals surface area contributed by atoms with Gasteiger partial charge in [-0.25, -0.2) is 23.2 Å². The van der Waals surface area contributed by atoms with Crippen molar-refractivity contribution in [2.45, 2.75) is 36.9 Å². The van der Waals surface area contributed by atoms with Gasteiger partial charge in [0.05, 0.1) is 39.0 Å².